The Morgan fingerprint density at radius 2 is 1.39 bits per heavy atom. The van der Waals surface area contributed by atoms with Crippen molar-refractivity contribution < 1.29 is 17.6 Å². The number of nitrogens with zero attached hydrogens (tertiary/aromatic N) is 1. The zero-order chi connectivity index (χ0) is 19.8. The summed E-state index contributed by atoms with van der Waals surface area (Å²) in [6.07, 6.45) is -0.0894. The topological polar surface area (TPSA) is 54.7 Å². The second kappa shape index (κ2) is 7.09. The molecule has 4 aromatic rings. The number of benzene rings is 3. The van der Waals surface area contributed by atoms with Crippen LogP contribution in [0.5, 0.6) is 0 Å². The molecule has 7 heteroatoms. The van der Waals surface area contributed by atoms with Gasteiger partial charge in [-0.3, -0.25) is 0 Å². The maximum absolute atomic E-state index is 14.1. The first kappa shape index (κ1) is 18.2. The Kier molecular flexibility index (Phi) is 4.60. The number of H-pyrrole nitrogens is 1. The van der Waals surface area contributed by atoms with Gasteiger partial charge in [0.2, 0.25) is 0 Å². The molecule has 142 valence electrons. The van der Waals surface area contributed by atoms with Gasteiger partial charge < -0.3 is 10.7 Å². The van der Waals surface area contributed by atoms with Crippen molar-refractivity contribution in [3.8, 4) is 11.4 Å². The van der Waals surface area contributed by atoms with E-state index in [1.54, 1.807) is 18.2 Å². The number of imidazole rings is 1. The first-order valence-electron chi connectivity index (χ1n) is 8.57. The number of nitrogens with two attached hydrogens (primary N) is 1. The summed E-state index contributed by atoms with van der Waals surface area (Å²) in [5.41, 5.74) is 7.22. The first-order chi connectivity index (χ1) is 13.5. The summed E-state index contributed by atoms with van der Waals surface area (Å²) in [4.78, 5) is 7.19. The van der Waals surface area contributed by atoms with E-state index in [4.69, 9.17) is 5.73 Å². The Balaban J connectivity index is 1.77. The van der Waals surface area contributed by atoms with E-state index in [1.165, 1.54) is 24.3 Å². The zero-order valence-corrected chi connectivity index (χ0v) is 14.5. The van der Waals surface area contributed by atoms with Gasteiger partial charge in [-0.1, -0.05) is 24.3 Å². The van der Waals surface area contributed by atoms with E-state index in [2.05, 4.69) is 9.97 Å². The molecule has 0 aliphatic carbocycles. The molecule has 4 rings (SSSR count). The molecule has 0 saturated carbocycles. The second-order valence-electron chi connectivity index (χ2n) is 6.44. The number of aromatic amines is 1. The van der Waals surface area contributed by atoms with Crippen LogP contribution in [-0.4, -0.2) is 9.97 Å². The van der Waals surface area contributed by atoms with E-state index >= 15 is 0 Å². The van der Waals surface area contributed by atoms with Gasteiger partial charge in [-0.15, -0.1) is 0 Å². The Morgan fingerprint density at radius 3 is 2.04 bits per heavy atom. The minimum atomic E-state index is -0.767. The number of halogens is 4. The Labute approximate surface area is 157 Å². The summed E-state index contributed by atoms with van der Waals surface area (Å²) in [6, 6.07) is 11.4. The van der Waals surface area contributed by atoms with Crippen molar-refractivity contribution in [2.75, 3.05) is 0 Å². The number of hydrogen-bond acceptors (Lipinski definition) is 2. The van der Waals surface area contributed by atoms with E-state index in [1.807, 2.05) is 0 Å². The third kappa shape index (κ3) is 3.14. The highest BCUT2D eigenvalue weighted by Gasteiger charge is 2.20. The molecular formula is C21H15F4N3. The lowest BCUT2D eigenvalue weighted by molar-refractivity contribution is 0.540. The summed E-state index contributed by atoms with van der Waals surface area (Å²) in [5.74, 6) is -2.85. The van der Waals surface area contributed by atoms with Crippen LogP contribution in [0.2, 0.25) is 0 Å². The summed E-state index contributed by atoms with van der Waals surface area (Å²) in [5, 5.41) is 0. The van der Waals surface area contributed by atoms with E-state index in [0.29, 0.717) is 16.6 Å². The maximum atomic E-state index is 14.1. The van der Waals surface area contributed by atoms with Crippen molar-refractivity contribution in [3.63, 3.8) is 0 Å². The largest absolute Gasteiger partial charge is 0.338 e. The summed E-state index contributed by atoms with van der Waals surface area (Å²) in [7, 11) is 0. The lowest BCUT2D eigenvalue weighted by atomic mass is 9.98. The van der Waals surface area contributed by atoms with Crippen molar-refractivity contribution >= 4 is 11.0 Å². The smallest absolute Gasteiger partial charge is 0.144 e. The number of para-hydroxylation sites is 1. The van der Waals surface area contributed by atoms with E-state index < -0.39 is 29.3 Å². The zero-order valence-electron chi connectivity index (χ0n) is 14.5. The fraction of sp³-hybridized carbons (Fsp3) is 0.0952. The number of nitrogens with one attached hydrogen (secondary N) is 1. The SMILES string of the molecule is NC(Cc1c(F)cccc1F)c1cccc2[nH]c(-c3c(F)cccc3F)nc12. The van der Waals surface area contributed by atoms with Crippen molar-refractivity contribution in [2.45, 2.75) is 12.5 Å². The van der Waals surface area contributed by atoms with Crippen molar-refractivity contribution in [2.24, 2.45) is 5.73 Å². The molecule has 1 heterocycles. The molecule has 1 unspecified atom stereocenters. The van der Waals surface area contributed by atoms with Crippen LogP contribution in [-0.2, 0) is 6.42 Å². The van der Waals surface area contributed by atoms with Gasteiger partial charge in [0.25, 0.3) is 0 Å². The van der Waals surface area contributed by atoms with Crippen LogP contribution in [0.25, 0.3) is 22.4 Å². The molecule has 0 saturated heterocycles. The van der Waals surface area contributed by atoms with Crippen LogP contribution in [0.1, 0.15) is 17.2 Å². The number of rotatable bonds is 4. The van der Waals surface area contributed by atoms with Crippen molar-refractivity contribution in [1.29, 1.82) is 0 Å². The van der Waals surface area contributed by atoms with E-state index in [-0.39, 0.29) is 23.4 Å². The quantitative estimate of drug-likeness (QED) is 0.484. The van der Waals surface area contributed by atoms with Crippen LogP contribution in [0.4, 0.5) is 17.6 Å². The van der Waals surface area contributed by atoms with Gasteiger partial charge in [-0.25, -0.2) is 22.5 Å². The maximum Gasteiger partial charge on any atom is 0.144 e. The fourth-order valence-electron chi connectivity index (χ4n) is 3.25. The van der Waals surface area contributed by atoms with Crippen molar-refractivity contribution in [3.05, 3.63) is 89.0 Å². The van der Waals surface area contributed by atoms with Gasteiger partial charge >= 0.3 is 0 Å². The molecule has 0 aliphatic rings. The molecule has 1 aromatic heterocycles. The molecule has 0 aliphatic heterocycles. The van der Waals surface area contributed by atoms with E-state index in [9.17, 15) is 17.6 Å². The third-order valence-corrected chi connectivity index (χ3v) is 4.63. The van der Waals surface area contributed by atoms with Crippen LogP contribution in [0.3, 0.4) is 0 Å². The summed E-state index contributed by atoms with van der Waals surface area (Å²) in [6.45, 7) is 0. The lowest BCUT2D eigenvalue weighted by Crippen LogP contribution is -2.15. The number of hydrogen-bond donors (Lipinski definition) is 2. The fourth-order valence-corrected chi connectivity index (χ4v) is 3.25. The van der Waals surface area contributed by atoms with Crippen LogP contribution in [0, 0.1) is 23.3 Å². The predicted octanol–water partition coefficient (Wildman–Crippen LogP) is 5.03. The molecule has 3 nitrogen and oxygen atoms in total. The molecule has 1 atom stereocenters. The van der Waals surface area contributed by atoms with Gasteiger partial charge in [-0.05, 0) is 42.3 Å². The normalized spacial score (nSPS) is 12.5. The number of fused-ring (bicyclic) bond motifs is 1. The van der Waals surface area contributed by atoms with Gasteiger partial charge in [0.05, 0.1) is 16.6 Å². The average Bonchev–Trinajstić information content (AvgIpc) is 3.08. The minimum absolute atomic E-state index is 0.0160. The molecule has 0 bridgehead atoms. The van der Waals surface area contributed by atoms with Crippen LogP contribution >= 0.6 is 0 Å². The van der Waals surface area contributed by atoms with Crippen molar-refractivity contribution in [1.82, 2.24) is 9.97 Å². The molecule has 0 radical (unpaired) electrons. The monoisotopic (exact) mass is 385 g/mol. The Morgan fingerprint density at radius 1 is 0.821 bits per heavy atom. The van der Waals surface area contributed by atoms with Gasteiger partial charge in [0.1, 0.15) is 29.1 Å². The van der Waals surface area contributed by atoms with Gasteiger partial charge in [0.15, 0.2) is 0 Å². The predicted molar refractivity (Wildman–Crippen MR) is 98.4 cm³/mol. The third-order valence-electron chi connectivity index (χ3n) is 4.63. The Hall–Kier alpha value is -3.19. The standard InChI is InChI=1S/C21H15F4N3/c22-13-5-2-6-14(23)12(13)10-17(26)11-4-1-9-18-20(11)28-21(27-18)19-15(24)7-3-8-16(19)25/h1-9,17H,10,26H2,(H,27,28). The average molecular weight is 385 g/mol. The molecule has 28 heavy (non-hydrogen) atoms. The molecule has 0 spiro atoms. The van der Waals surface area contributed by atoms with Gasteiger partial charge in [-0.2, -0.15) is 0 Å². The molecule has 3 N–H and O–H groups in total. The van der Waals surface area contributed by atoms with E-state index in [0.717, 1.165) is 12.1 Å². The minimum Gasteiger partial charge on any atom is -0.338 e. The van der Waals surface area contributed by atoms with Crippen LogP contribution in [0.15, 0.2) is 54.6 Å². The lowest BCUT2D eigenvalue weighted by Gasteiger charge is -2.14. The van der Waals surface area contributed by atoms with Gasteiger partial charge in [0, 0.05) is 11.6 Å². The molecule has 0 amide bonds. The summed E-state index contributed by atoms with van der Waals surface area (Å²) >= 11 is 0. The molecular weight excluding hydrogens is 370 g/mol. The van der Waals surface area contributed by atoms with Crippen LogP contribution < -0.4 is 5.73 Å². The highest BCUT2D eigenvalue weighted by atomic mass is 19.1. The highest BCUT2D eigenvalue weighted by molar-refractivity contribution is 5.83. The first-order valence-corrected chi connectivity index (χ1v) is 8.57. The molecule has 0 fully saturated rings. The summed E-state index contributed by atoms with van der Waals surface area (Å²) < 4.78 is 56.1. The second-order valence-corrected chi connectivity index (χ2v) is 6.44. The number of aromatic nitrogens is 2. The molecule has 3 aromatic carbocycles. The Bertz CT molecular complexity index is 1130. The highest BCUT2D eigenvalue weighted by Crippen LogP contribution is 2.30.